The molecule has 0 saturated heterocycles. The Kier molecular flexibility index (Phi) is 4.02. The average Bonchev–Trinajstić information content (AvgIpc) is 2.35. The van der Waals surface area contributed by atoms with Crippen LogP contribution in [0, 0.1) is 5.95 Å². The van der Waals surface area contributed by atoms with Gasteiger partial charge in [0.05, 0.1) is 22.2 Å². The van der Waals surface area contributed by atoms with Crippen molar-refractivity contribution in [1.82, 2.24) is 4.98 Å². The van der Waals surface area contributed by atoms with Crippen molar-refractivity contribution in [1.29, 1.82) is 0 Å². The first-order chi connectivity index (χ1) is 8.97. The molecule has 0 fully saturated rings. The van der Waals surface area contributed by atoms with Crippen LogP contribution in [0.25, 0.3) is 11.3 Å². The van der Waals surface area contributed by atoms with Crippen molar-refractivity contribution in [2.24, 2.45) is 0 Å². The Morgan fingerprint density at radius 2 is 1.95 bits per heavy atom. The summed E-state index contributed by atoms with van der Waals surface area (Å²) >= 11 is 11.7. The highest BCUT2D eigenvalue weighted by atomic mass is 35.5. The molecule has 3 nitrogen and oxygen atoms in total. The number of carbonyl (C=O) groups is 1. The van der Waals surface area contributed by atoms with Crippen LogP contribution in [0.4, 0.5) is 4.39 Å². The molecule has 98 valence electrons. The van der Waals surface area contributed by atoms with E-state index in [-0.39, 0.29) is 5.56 Å². The van der Waals surface area contributed by atoms with Crippen LogP contribution < -0.4 is 0 Å². The van der Waals surface area contributed by atoms with Crippen molar-refractivity contribution in [3.8, 4) is 11.3 Å². The number of carboxylic acids is 1. The number of halogens is 3. The van der Waals surface area contributed by atoms with Crippen molar-refractivity contribution in [2.45, 2.75) is 6.42 Å². The molecule has 0 amide bonds. The lowest BCUT2D eigenvalue weighted by Crippen LogP contribution is -2.04. The van der Waals surface area contributed by atoms with Crippen LogP contribution in [0.1, 0.15) is 5.56 Å². The third kappa shape index (κ3) is 3.22. The van der Waals surface area contributed by atoms with Crippen molar-refractivity contribution < 1.29 is 14.3 Å². The van der Waals surface area contributed by atoms with E-state index in [1.54, 1.807) is 24.3 Å². The van der Waals surface area contributed by atoms with Gasteiger partial charge in [-0.3, -0.25) is 4.79 Å². The van der Waals surface area contributed by atoms with Gasteiger partial charge < -0.3 is 5.11 Å². The van der Waals surface area contributed by atoms with Crippen LogP contribution >= 0.6 is 23.2 Å². The third-order valence-electron chi connectivity index (χ3n) is 2.48. The highest BCUT2D eigenvalue weighted by molar-refractivity contribution is 6.42. The third-order valence-corrected chi connectivity index (χ3v) is 3.22. The molecule has 19 heavy (non-hydrogen) atoms. The zero-order valence-electron chi connectivity index (χ0n) is 9.53. The van der Waals surface area contributed by atoms with Gasteiger partial charge in [-0.15, -0.1) is 0 Å². The Morgan fingerprint density at radius 1 is 1.21 bits per heavy atom. The second-order valence-corrected chi connectivity index (χ2v) is 4.66. The molecule has 0 radical (unpaired) electrons. The first kappa shape index (κ1) is 13.8. The molecule has 0 saturated carbocycles. The van der Waals surface area contributed by atoms with Gasteiger partial charge in [-0.05, 0) is 18.2 Å². The summed E-state index contributed by atoms with van der Waals surface area (Å²) in [6.07, 6.45) is -0.402. The topological polar surface area (TPSA) is 50.2 Å². The fourth-order valence-corrected chi connectivity index (χ4v) is 1.87. The van der Waals surface area contributed by atoms with E-state index in [0.717, 1.165) is 0 Å². The summed E-state index contributed by atoms with van der Waals surface area (Å²) in [6, 6.07) is 7.76. The lowest BCUT2D eigenvalue weighted by Gasteiger charge is -2.05. The molecular weight excluding hydrogens is 292 g/mol. The first-order valence-corrected chi connectivity index (χ1v) is 6.05. The van der Waals surface area contributed by atoms with Crippen molar-refractivity contribution >= 4 is 29.2 Å². The summed E-state index contributed by atoms with van der Waals surface area (Å²) in [4.78, 5) is 14.3. The van der Waals surface area contributed by atoms with Gasteiger partial charge >= 0.3 is 5.97 Å². The quantitative estimate of drug-likeness (QED) is 0.877. The molecule has 1 heterocycles. The standard InChI is InChI=1S/C13H8Cl2FNO2/c14-9-3-1-7(5-10(9)15)11-4-2-8(6-12(18)19)13(16)17-11/h1-5H,6H2,(H,18,19). The number of rotatable bonds is 3. The van der Waals surface area contributed by atoms with Gasteiger partial charge in [0.15, 0.2) is 0 Å². The van der Waals surface area contributed by atoms with Gasteiger partial charge in [-0.1, -0.05) is 35.3 Å². The molecular formula is C13H8Cl2FNO2. The normalized spacial score (nSPS) is 10.5. The number of hydrogen-bond acceptors (Lipinski definition) is 2. The zero-order chi connectivity index (χ0) is 14.0. The lowest BCUT2D eigenvalue weighted by atomic mass is 10.1. The second kappa shape index (κ2) is 5.55. The Labute approximate surface area is 118 Å². The number of hydrogen-bond donors (Lipinski definition) is 1. The van der Waals surface area contributed by atoms with E-state index in [2.05, 4.69) is 4.98 Å². The first-order valence-electron chi connectivity index (χ1n) is 5.30. The van der Waals surface area contributed by atoms with Crippen LogP contribution in [0.2, 0.25) is 10.0 Å². The highest BCUT2D eigenvalue weighted by Gasteiger charge is 2.10. The molecule has 0 unspecified atom stereocenters. The molecule has 0 aliphatic rings. The predicted molar refractivity (Wildman–Crippen MR) is 71.0 cm³/mol. The molecule has 0 bridgehead atoms. The van der Waals surface area contributed by atoms with Gasteiger partial charge in [-0.2, -0.15) is 4.39 Å². The predicted octanol–water partition coefficient (Wildman–Crippen LogP) is 3.82. The SMILES string of the molecule is O=C(O)Cc1ccc(-c2ccc(Cl)c(Cl)c2)nc1F. The maximum absolute atomic E-state index is 13.6. The molecule has 6 heteroatoms. The van der Waals surface area contributed by atoms with E-state index < -0.39 is 18.3 Å². The summed E-state index contributed by atoms with van der Waals surface area (Å²) in [5.41, 5.74) is 1.01. The molecule has 1 aromatic heterocycles. The number of pyridine rings is 1. The van der Waals surface area contributed by atoms with Crippen LogP contribution in [0.15, 0.2) is 30.3 Å². The second-order valence-electron chi connectivity index (χ2n) is 3.85. The molecule has 2 aromatic rings. The number of aromatic nitrogens is 1. The van der Waals surface area contributed by atoms with Crippen molar-refractivity contribution in [3.05, 3.63) is 51.9 Å². The number of carboxylic acid groups (broad SMARTS) is 1. The summed E-state index contributed by atoms with van der Waals surface area (Å²) < 4.78 is 13.6. The van der Waals surface area contributed by atoms with E-state index in [1.165, 1.54) is 6.07 Å². The van der Waals surface area contributed by atoms with Crippen LogP contribution in [0.3, 0.4) is 0 Å². The summed E-state index contributed by atoms with van der Waals surface area (Å²) in [6.45, 7) is 0. The van der Waals surface area contributed by atoms with Gasteiger partial charge in [-0.25, -0.2) is 4.98 Å². The molecule has 0 aliphatic heterocycles. The van der Waals surface area contributed by atoms with E-state index in [9.17, 15) is 9.18 Å². The summed E-state index contributed by atoms with van der Waals surface area (Å²) in [5.74, 6) is -1.91. The minimum absolute atomic E-state index is 0.0383. The number of nitrogens with zero attached hydrogens (tertiary/aromatic N) is 1. The van der Waals surface area contributed by atoms with Gasteiger partial charge in [0.2, 0.25) is 5.95 Å². The smallest absolute Gasteiger partial charge is 0.307 e. The fraction of sp³-hybridized carbons (Fsp3) is 0.0769. The van der Waals surface area contributed by atoms with Crippen LogP contribution in [-0.4, -0.2) is 16.1 Å². The number of benzene rings is 1. The average molecular weight is 300 g/mol. The van der Waals surface area contributed by atoms with Crippen molar-refractivity contribution in [3.63, 3.8) is 0 Å². The largest absolute Gasteiger partial charge is 0.481 e. The number of aliphatic carboxylic acids is 1. The Bertz CT molecular complexity index is 647. The molecule has 0 atom stereocenters. The zero-order valence-corrected chi connectivity index (χ0v) is 11.0. The summed E-state index contributed by atoms with van der Waals surface area (Å²) in [5, 5.41) is 9.36. The molecule has 0 aliphatic carbocycles. The maximum Gasteiger partial charge on any atom is 0.307 e. The van der Waals surface area contributed by atoms with E-state index in [1.807, 2.05) is 0 Å². The molecule has 2 rings (SSSR count). The Morgan fingerprint density at radius 3 is 2.53 bits per heavy atom. The van der Waals surface area contributed by atoms with Gasteiger partial charge in [0, 0.05) is 11.1 Å². The lowest BCUT2D eigenvalue weighted by molar-refractivity contribution is -0.136. The van der Waals surface area contributed by atoms with Gasteiger partial charge in [0.25, 0.3) is 0 Å². The van der Waals surface area contributed by atoms with Crippen molar-refractivity contribution in [2.75, 3.05) is 0 Å². The van der Waals surface area contributed by atoms with E-state index >= 15 is 0 Å². The molecule has 1 aromatic carbocycles. The minimum Gasteiger partial charge on any atom is -0.481 e. The maximum atomic E-state index is 13.6. The highest BCUT2D eigenvalue weighted by Crippen LogP contribution is 2.28. The summed E-state index contributed by atoms with van der Waals surface area (Å²) in [7, 11) is 0. The van der Waals surface area contributed by atoms with Gasteiger partial charge in [0.1, 0.15) is 0 Å². The van der Waals surface area contributed by atoms with Crippen LogP contribution in [0.5, 0.6) is 0 Å². The fourth-order valence-electron chi connectivity index (χ4n) is 1.57. The Balaban J connectivity index is 2.38. The Hall–Kier alpha value is -1.65. The minimum atomic E-state index is -1.11. The molecule has 1 N–H and O–H groups in total. The monoisotopic (exact) mass is 299 g/mol. The van der Waals surface area contributed by atoms with E-state index in [0.29, 0.717) is 21.3 Å². The van der Waals surface area contributed by atoms with Crippen LogP contribution in [-0.2, 0) is 11.2 Å². The van der Waals surface area contributed by atoms with E-state index in [4.69, 9.17) is 28.3 Å². The molecule has 0 spiro atoms.